The average Bonchev–Trinajstić information content (AvgIpc) is 2.26. The third-order valence-corrected chi connectivity index (χ3v) is 2.91. The van der Waals surface area contributed by atoms with Gasteiger partial charge in [-0.1, -0.05) is 13.8 Å². The van der Waals surface area contributed by atoms with E-state index in [2.05, 4.69) is 19.2 Å². The van der Waals surface area contributed by atoms with Crippen LogP contribution in [0.3, 0.4) is 0 Å². The van der Waals surface area contributed by atoms with E-state index in [0.717, 1.165) is 6.54 Å². The van der Waals surface area contributed by atoms with Gasteiger partial charge in [-0.3, -0.25) is 4.79 Å². The van der Waals surface area contributed by atoms with Crippen LogP contribution >= 0.6 is 0 Å². The average molecular weight is 273 g/mol. The molecule has 0 aromatic rings. The number of carbonyl (C=O) groups is 2. The highest BCUT2D eigenvalue weighted by Gasteiger charge is 2.19. The number of nitrogens with zero attached hydrogens (tertiary/aromatic N) is 2. The fourth-order valence-corrected chi connectivity index (χ4v) is 1.65. The summed E-state index contributed by atoms with van der Waals surface area (Å²) in [5.41, 5.74) is 0. The number of likely N-dealkylation sites (N-methyl/N-ethyl adjacent to an activating group) is 1. The van der Waals surface area contributed by atoms with Crippen LogP contribution in [0.1, 0.15) is 26.7 Å². The molecule has 2 N–H and O–H groups in total. The summed E-state index contributed by atoms with van der Waals surface area (Å²) in [6, 6.07) is -0.0598. The van der Waals surface area contributed by atoms with Crippen LogP contribution in [0.4, 0.5) is 4.79 Å². The summed E-state index contributed by atoms with van der Waals surface area (Å²) < 4.78 is 0. The third kappa shape index (κ3) is 8.42. The molecular weight excluding hydrogens is 246 g/mol. The maximum atomic E-state index is 12.0. The van der Waals surface area contributed by atoms with Gasteiger partial charge in [-0.15, -0.1) is 0 Å². The van der Waals surface area contributed by atoms with Crippen molar-refractivity contribution in [2.24, 2.45) is 5.92 Å². The van der Waals surface area contributed by atoms with Crippen LogP contribution in [0.25, 0.3) is 0 Å². The molecule has 0 aliphatic heterocycles. The lowest BCUT2D eigenvalue weighted by Crippen LogP contribution is -2.49. The summed E-state index contributed by atoms with van der Waals surface area (Å²) in [4.78, 5) is 26.0. The van der Waals surface area contributed by atoms with Gasteiger partial charge in [-0.25, -0.2) is 4.79 Å². The summed E-state index contributed by atoms with van der Waals surface area (Å²) in [6.45, 7) is 5.37. The Balaban J connectivity index is 4.19. The normalized spacial score (nSPS) is 12.6. The summed E-state index contributed by atoms with van der Waals surface area (Å²) >= 11 is 0. The lowest BCUT2D eigenvalue weighted by Gasteiger charge is -2.28. The van der Waals surface area contributed by atoms with Crippen LogP contribution in [-0.4, -0.2) is 67.2 Å². The van der Waals surface area contributed by atoms with E-state index in [0.29, 0.717) is 18.9 Å². The molecule has 0 saturated carbocycles. The first-order valence-corrected chi connectivity index (χ1v) is 6.62. The first-order chi connectivity index (χ1) is 8.73. The van der Waals surface area contributed by atoms with Crippen molar-refractivity contribution in [3.63, 3.8) is 0 Å². The van der Waals surface area contributed by atoms with E-state index in [1.807, 2.05) is 19.0 Å². The van der Waals surface area contributed by atoms with Crippen molar-refractivity contribution in [2.75, 3.05) is 34.2 Å². The van der Waals surface area contributed by atoms with E-state index in [1.54, 1.807) is 7.05 Å². The van der Waals surface area contributed by atoms with Gasteiger partial charge in [-0.05, 0) is 26.4 Å². The van der Waals surface area contributed by atoms with E-state index < -0.39 is 5.97 Å². The van der Waals surface area contributed by atoms with Crippen molar-refractivity contribution in [1.29, 1.82) is 0 Å². The van der Waals surface area contributed by atoms with Crippen LogP contribution in [0, 0.1) is 5.92 Å². The van der Waals surface area contributed by atoms with Gasteiger partial charge in [0.15, 0.2) is 0 Å². The second-order valence-corrected chi connectivity index (χ2v) is 5.48. The van der Waals surface area contributed by atoms with Crippen LogP contribution in [0.5, 0.6) is 0 Å². The van der Waals surface area contributed by atoms with E-state index in [-0.39, 0.29) is 18.5 Å². The number of nitrogens with one attached hydrogen (secondary N) is 1. The number of carboxylic acids is 1. The smallest absolute Gasteiger partial charge is 0.317 e. The van der Waals surface area contributed by atoms with Crippen molar-refractivity contribution < 1.29 is 14.7 Å². The monoisotopic (exact) mass is 273 g/mol. The molecule has 0 bridgehead atoms. The molecule has 0 heterocycles. The fourth-order valence-electron chi connectivity index (χ4n) is 1.65. The molecule has 0 rings (SSSR count). The number of carbonyl (C=O) groups excluding carboxylic acids is 1. The molecule has 0 saturated heterocycles. The van der Waals surface area contributed by atoms with Crippen LogP contribution in [0.15, 0.2) is 0 Å². The standard InChI is InChI=1S/C13H27N3O3/c1-10(2)11(9-15(3)4)14-13(19)16(5)8-6-7-12(17)18/h10-11H,6-9H2,1-5H3,(H,14,19)(H,17,18). The number of amides is 2. The molecule has 0 aliphatic rings. The molecule has 0 radical (unpaired) electrons. The molecular formula is C13H27N3O3. The molecule has 2 amide bonds. The van der Waals surface area contributed by atoms with Crippen molar-refractivity contribution in [1.82, 2.24) is 15.1 Å². The van der Waals surface area contributed by atoms with Gasteiger partial charge in [0.2, 0.25) is 0 Å². The Morgan fingerprint density at radius 2 is 1.79 bits per heavy atom. The molecule has 0 spiro atoms. The molecule has 1 unspecified atom stereocenters. The molecule has 19 heavy (non-hydrogen) atoms. The highest BCUT2D eigenvalue weighted by atomic mass is 16.4. The van der Waals surface area contributed by atoms with E-state index >= 15 is 0 Å². The number of hydrogen-bond donors (Lipinski definition) is 2. The van der Waals surface area contributed by atoms with Gasteiger partial charge >= 0.3 is 12.0 Å². The molecule has 112 valence electrons. The first-order valence-electron chi connectivity index (χ1n) is 6.62. The van der Waals surface area contributed by atoms with E-state index in [4.69, 9.17) is 5.11 Å². The van der Waals surface area contributed by atoms with Crippen molar-refractivity contribution >= 4 is 12.0 Å². The van der Waals surface area contributed by atoms with Crippen LogP contribution < -0.4 is 5.32 Å². The van der Waals surface area contributed by atoms with Crippen molar-refractivity contribution in [2.45, 2.75) is 32.7 Å². The van der Waals surface area contributed by atoms with Gasteiger partial charge in [0.25, 0.3) is 0 Å². The van der Waals surface area contributed by atoms with Gasteiger partial charge in [0.1, 0.15) is 0 Å². The minimum atomic E-state index is -0.832. The maximum absolute atomic E-state index is 12.0. The van der Waals surface area contributed by atoms with Gasteiger partial charge < -0.3 is 20.2 Å². The maximum Gasteiger partial charge on any atom is 0.317 e. The summed E-state index contributed by atoms with van der Waals surface area (Å²) in [5.74, 6) is -0.486. The van der Waals surface area contributed by atoms with E-state index in [9.17, 15) is 9.59 Å². The zero-order valence-electron chi connectivity index (χ0n) is 12.6. The van der Waals surface area contributed by atoms with Gasteiger partial charge in [0, 0.05) is 32.6 Å². The fraction of sp³-hybridized carbons (Fsp3) is 0.846. The quantitative estimate of drug-likeness (QED) is 0.694. The first kappa shape index (κ1) is 17.7. The third-order valence-electron chi connectivity index (χ3n) is 2.91. The molecule has 6 nitrogen and oxygen atoms in total. The molecule has 0 fully saturated rings. The van der Waals surface area contributed by atoms with Crippen LogP contribution in [-0.2, 0) is 4.79 Å². The lowest BCUT2D eigenvalue weighted by molar-refractivity contribution is -0.137. The summed E-state index contributed by atoms with van der Waals surface area (Å²) in [6.07, 6.45) is 0.558. The number of aliphatic carboxylic acids is 1. The Morgan fingerprint density at radius 1 is 1.21 bits per heavy atom. The SMILES string of the molecule is CC(C)C(CN(C)C)NC(=O)N(C)CCCC(=O)O. The molecule has 6 heteroatoms. The summed E-state index contributed by atoms with van der Waals surface area (Å²) in [5, 5.41) is 11.5. The van der Waals surface area contributed by atoms with Gasteiger partial charge in [0.05, 0.1) is 0 Å². The Morgan fingerprint density at radius 3 is 2.21 bits per heavy atom. The molecule has 0 aromatic carbocycles. The number of hydrogen-bond acceptors (Lipinski definition) is 3. The topological polar surface area (TPSA) is 72.9 Å². The predicted octanol–water partition coefficient (Wildman–Crippen LogP) is 1.08. The van der Waals surface area contributed by atoms with Crippen molar-refractivity contribution in [3.8, 4) is 0 Å². The Bertz CT molecular complexity index is 293. The number of carboxylic acid groups (broad SMARTS) is 1. The Kier molecular flexibility index (Phi) is 8.14. The largest absolute Gasteiger partial charge is 0.481 e. The zero-order chi connectivity index (χ0) is 15.0. The van der Waals surface area contributed by atoms with Crippen molar-refractivity contribution in [3.05, 3.63) is 0 Å². The highest BCUT2D eigenvalue weighted by molar-refractivity contribution is 5.74. The number of urea groups is 1. The zero-order valence-corrected chi connectivity index (χ0v) is 12.6. The second kappa shape index (κ2) is 8.74. The second-order valence-electron chi connectivity index (χ2n) is 5.48. The molecule has 0 aromatic heterocycles. The molecule has 1 atom stereocenters. The van der Waals surface area contributed by atoms with Gasteiger partial charge in [-0.2, -0.15) is 0 Å². The van der Waals surface area contributed by atoms with Crippen LogP contribution in [0.2, 0.25) is 0 Å². The predicted molar refractivity (Wildman–Crippen MR) is 75.2 cm³/mol. The summed E-state index contributed by atoms with van der Waals surface area (Å²) in [7, 11) is 5.63. The Hall–Kier alpha value is -1.30. The Labute approximate surface area is 115 Å². The highest BCUT2D eigenvalue weighted by Crippen LogP contribution is 2.04. The number of rotatable bonds is 8. The van der Waals surface area contributed by atoms with E-state index in [1.165, 1.54) is 4.90 Å². The molecule has 0 aliphatic carbocycles. The minimum Gasteiger partial charge on any atom is -0.481 e. The minimum absolute atomic E-state index is 0.0862. The lowest BCUT2D eigenvalue weighted by atomic mass is 10.0.